The molecular weight excluding hydrogens is 294 g/mol. The number of fused-ring (bicyclic) bond motifs is 1. The van der Waals surface area contributed by atoms with Crippen molar-refractivity contribution in [3.63, 3.8) is 0 Å². The third kappa shape index (κ3) is 5.36. The third-order valence-electron chi connectivity index (χ3n) is 4.67. The molecule has 0 unspecified atom stereocenters. The van der Waals surface area contributed by atoms with Crippen molar-refractivity contribution in [1.29, 1.82) is 0 Å². The zero-order valence-corrected chi connectivity index (χ0v) is 15.5. The molecule has 0 bridgehead atoms. The molecule has 24 heavy (non-hydrogen) atoms. The average molecular weight is 325 g/mol. The normalized spacial score (nSPS) is 11.0. The van der Waals surface area contributed by atoms with Gasteiger partial charge in [-0.2, -0.15) is 0 Å². The topological polar surface area (TPSA) is 20.3 Å². The van der Waals surface area contributed by atoms with Crippen LogP contribution in [0.4, 0.5) is 5.69 Å². The van der Waals surface area contributed by atoms with Crippen LogP contribution < -0.4 is 4.90 Å². The summed E-state index contributed by atoms with van der Waals surface area (Å²) < 4.78 is 0. The van der Waals surface area contributed by atoms with Crippen LogP contribution in [-0.2, 0) is 0 Å². The maximum absolute atomic E-state index is 12.4. The summed E-state index contributed by atoms with van der Waals surface area (Å²) in [5.41, 5.74) is 2.04. The fraction of sp³-hybridized carbons (Fsp3) is 0.500. The Morgan fingerprint density at radius 3 is 2.17 bits per heavy atom. The predicted molar refractivity (Wildman–Crippen MR) is 105 cm³/mol. The van der Waals surface area contributed by atoms with Gasteiger partial charge in [0.05, 0.1) is 0 Å². The molecule has 2 heteroatoms. The molecule has 0 aromatic heterocycles. The minimum Gasteiger partial charge on any atom is -0.378 e. The summed E-state index contributed by atoms with van der Waals surface area (Å²) >= 11 is 0. The highest BCUT2D eigenvalue weighted by Gasteiger charge is 2.07. The molecule has 0 radical (unpaired) electrons. The van der Waals surface area contributed by atoms with Crippen LogP contribution in [0.2, 0.25) is 0 Å². The molecule has 0 saturated heterocycles. The van der Waals surface area contributed by atoms with Gasteiger partial charge in [0, 0.05) is 31.8 Å². The van der Waals surface area contributed by atoms with Gasteiger partial charge >= 0.3 is 0 Å². The fourth-order valence-corrected chi connectivity index (χ4v) is 3.07. The molecule has 0 aliphatic heterocycles. The van der Waals surface area contributed by atoms with E-state index in [1.54, 1.807) is 0 Å². The van der Waals surface area contributed by atoms with Crippen molar-refractivity contribution < 1.29 is 4.79 Å². The molecule has 2 aromatic carbocycles. The van der Waals surface area contributed by atoms with Crippen LogP contribution in [0.3, 0.4) is 0 Å². The zero-order chi connectivity index (χ0) is 17.4. The second-order valence-corrected chi connectivity index (χ2v) is 6.94. The number of Topliss-reactive ketones (excluding diaryl/α,β-unsaturated/α-hetero) is 1. The minimum atomic E-state index is 0.280. The van der Waals surface area contributed by atoms with Gasteiger partial charge in [0.2, 0.25) is 0 Å². The lowest BCUT2D eigenvalue weighted by atomic mass is 10.00. The van der Waals surface area contributed by atoms with Gasteiger partial charge in [-0.25, -0.2) is 0 Å². The number of nitrogens with zero attached hydrogens (tertiary/aromatic N) is 1. The average Bonchev–Trinajstić information content (AvgIpc) is 2.59. The van der Waals surface area contributed by atoms with E-state index in [9.17, 15) is 4.79 Å². The van der Waals surface area contributed by atoms with E-state index in [4.69, 9.17) is 0 Å². The first-order valence-corrected chi connectivity index (χ1v) is 9.36. The van der Waals surface area contributed by atoms with Gasteiger partial charge in [-0.1, -0.05) is 63.6 Å². The molecule has 0 aliphatic carbocycles. The SMILES string of the molecule is CCCCCCCCCC(=O)c1ccc2cc(N(C)C)ccc2c1. The van der Waals surface area contributed by atoms with Crippen molar-refractivity contribution in [1.82, 2.24) is 0 Å². The number of ketones is 1. The number of hydrogen-bond donors (Lipinski definition) is 0. The molecule has 2 aromatic rings. The molecule has 0 aliphatic rings. The lowest BCUT2D eigenvalue weighted by molar-refractivity contribution is 0.0979. The molecule has 0 fully saturated rings. The molecule has 0 saturated carbocycles. The Morgan fingerprint density at radius 2 is 1.46 bits per heavy atom. The molecule has 2 rings (SSSR count). The van der Waals surface area contributed by atoms with Crippen LogP contribution in [0.1, 0.15) is 68.6 Å². The van der Waals surface area contributed by atoms with Crippen molar-refractivity contribution in [3.8, 4) is 0 Å². The van der Waals surface area contributed by atoms with E-state index in [1.165, 1.54) is 49.6 Å². The standard InChI is InChI=1S/C22H31NO/c1-4-5-6-7-8-9-10-11-22(24)20-13-12-19-17-21(23(2)3)15-14-18(19)16-20/h12-17H,4-11H2,1-3H3. The first-order valence-electron chi connectivity index (χ1n) is 9.36. The van der Waals surface area contributed by atoms with E-state index in [2.05, 4.69) is 36.1 Å². The van der Waals surface area contributed by atoms with Crippen LogP contribution in [-0.4, -0.2) is 19.9 Å². The van der Waals surface area contributed by atoms with Crippen molar-refractivity contribution in [2.24, 2.45) is 0 Å². The first-order chi connectivity index (χ1) is 11.6. The summed E-state index contributed by atoms with van der Waals surface area (Å²) in [6.45, 7) is 2.24. The number of carbonyl (C=O) groups excluding carboxylic acids is 1. The predicted octanol–water partition coefficient (Wildman–Crippen LogP) is 6.23. The van der Waals surface area contributed by atoms with Gasteiger partial charge in [0.15, 0.2) is 5.78 Å². The van der Waals surface area contributed by atoms with Gasteiger partial charge in [0.1, 0.15) is 0 Å². The molecule has 2 nitrogen and oxygen atoms in total. The maximum atomic E-state index is 12.4. The Bertz CT molecular complexity index is 660. The Hall–Kier alpha value is -1.83. The fourth-order valence-electron chi connectivity index (χ4n) is 3.07. The van der Waals surface area contributed by atoms with Crippen LogP contribution in [0, 0.1) is 0 Å². The summed E-state index contributed by atoms with van der Waals surface area (Å²) in [6, 6.07) is 12.5. The van der Waals surface area contributed by atoms with Crippen LogP contribution in [0.5, 0.6) is 0 Å². The largest absolute Gasteiger partial charge is 0.378 e. The van der Waals surface area contributed by atoms with E-state index in [-0.39, 0.29) is 5.78 Å². The van der Waals surface area contributed by atoms with Gasteiger partial charge in [-0.3, -0.25) is 4.79 Å². The zero-order valence-electron chi connectivity index (χ0n) is 15.5. The Labute approximate surface area is 146 Å². The highest BCUT2D eigenvalue weighted by atomic mass is 16.1. The van der Waals surface area contributed by atoms with Crippen LogP contribution >= 0.6 is 0 Å². The smallest absolute Gasteiger partial charge is 0.162 e. The summed E-state index contributed by atoms with van der Waals surface area (Å²) in [7, 11) is 4.09. The van der Waals surface area contributed by atoms with E-state index in [0.29, 0.717) is 6.42 Å². The van der Waals surface area contributed by atoms with Crippen molar-refractivity contribution >= 4 is 22.2 Å². The number of anilines is 1. The molecule has 0 spiro atoms. The second kappa shape index (κ2) is 9.46. The van der Waals surface area contributed by atoms with Gasteiger partial charge in [-0.05, 0) is 35.4 Å². The monoisotopic (exact) mass is 325 g/mol. The van der Waals surface area contributed by atoms with Gasteiger partial charge in [0.25, 0.3) is 0 Å². The molecular formula is C22H31NO. The van der Waals surface area contributed by atoms with E-state index < -0.39 is 0 Å². The van der Waals surface area contributed by atoms with Gasteiger partial charge in [-0.15, -0.1) is 0 Å². The number of rotatable bonds is 10. The first kappa shape index (κ1) is 18.5. The highest BCUT2D eigenvalue weighted by Crippen LogP contribution is 2.23. The minimum absolute atomic E-state index is 0.280. The van der Waals surface area contributed by atoms with Crippen molar-refractivity contribution in [3.05, 3.63) is 42.0 Å². The Kier molecular flexibility index (Phi) is 7.30. The van der Waals surface area contributed by atoms with E-state index in [0.717, 1.165) is 17.4 Å². The summed E-state index contributed by atoms with van der Waals surface area (Å²) in [6.07, 6.45) is 9.41. The van der Waals surface area contributed by atoms with Crippen molar-refractivity contribution in [2.45, 2.75) is 58.3 Å². The van der Waals surface area contributed by atoms with E-state index >= 15 is 0 Å². The summed E-state index contributed by atoms with van der Waals surface area (Å²) in [4.78, 5) is 14.5. The van der Waals surface area contributed by atoms with Crippen LogP contribution in [0.15, 0.2) is 36.4 Å². The summed E-state index contributed by atoms with van der Waals surface area (Å²) in [5, 5.41) is 2.33. The van der Waals surface area contributed by atoms with Crippen LogP contribution in [0.25, 0.3) is 10.8 Å². The van der Waals surface area contributed by atoms with Crippen molar-refractivity contribution in [2.75, 3.05) is 19.0 Å². The molecule has 0 atom stereocenters. The number of unbranched alkanes of at least 4 members (excludes halogenated alkanes) is 6. The number of carbonyl (C=O) groups is 1. The summed E-state index contributed by atoms with van der Waals surface area (Å²) in [5.74, 6) is 0.280. The molecule has 0 amide bonds. The lowest BCUT2D eigenvalue weighted by Crippen LogP contribution is -2.08. The third-order valence-corrected chi connectivity index (χ3v) is 4.67. The molecule has 130 valence electrons. The Morgan fingerprint density at radius 1 is 0.833 bits per heavy atom. The number of hydrogen-bond acceptors (Lipinski definition) is 2. The maximum Gasteiger partial charge on any atom is 0.162 e. The second-order valence-electron chi connectivity index (χ2n) is 6.94. The number of benzene rings is 2. The van der Waals surface area contributed by atoms with Gasteiger partial charge < -0.3 is 4.90 Å². The highest BCUT2D eigenvalue weighted by molar-refractivity contribution is 6.00. The Balaban J connectivity index is 1.87. The molecule has 0 heterocycles. The molecule has 0 N–H and O–H groups in total. The lowest BCUT2D eigenvalue weighted by Gasteiger charge is -2.13. The quantitative estimate of drug-likeness (QED) is 0.381. The van der Waals surface area contributed by atoms with E-state index in [1.807, 2.05) is 26.2 Å².